The molecule has 2 nitrogen and oxygen atoms in total. The smallest absolute Gasteiger partial charge is 0.143 e. The quantitative estimate of drug-likeness (QED) is 0.145. The third-order valence-electron chi connectivity index (χ3n) is 11.9. The normalized spacial score (nSPS) is 11.2. The second-order valence-corrected chi connectivity index (χ2v) is 15.7. The topological polar surface area (TPSA) is 16.4 Å². The van der Waals surface area contributed by atoms with Crippen LogP contribution in [0, 0.1) is 0 Å². The van der Waals surface area contributed by atoms with Crippen LogP contribution in [0.4, 0.5) is 17.1 Å². The number of hydrogen-bond donors (Lipinski definition) is 0. The summed E-state index contributed by atoms with van der Waals surface area (Å²) in [6.07, 6.45) is 0. The molecule has 0 unspecified atom stereocenters. The van der Waals surface area contributed by atoms with Crippen LogP contribution in [0.5, 0.6) is 0 Å². The number of fused-ring (bicyclic) bond motifs is 3. The summed E-state index contributed by atoms with van der Waals surface area (Å²) in [5, 5.41) is 2.26. The number of furan rings is 1. The van der Waals surface area contributed by atoms with E-state index in [1.54, 1.807) is 0 Å². The first-order valence-electron chi connectivity index (χ1n) is 21.2. The minimum Gasteiger partial charge on any atom is -0.455 e. The number of hydrogen-bond acceptors (Lipinski definition) is 2. The van der Waals surface area contributed by atoms with Gasteiger partial charge in [0.05, 0.1) is 0 Å². The highest BCUT2D eigenvalue weighted by atomic mass is 16.3. The summed E-state index contributed by atoms with van der Waals surface area (Å²) in [5.41, 5.74) is 19.1. The van der Waals surface area contributed by atoms with Crippen molar-refractivity contribution in [2.75, 3.05) is 4.90 Å². The van der Waals surface area contributed by atoms with E-state index in [2.05, 4.69) is 248 Å². The maximum atomic E-state index is 6.72. The molecule has 0 saturated carbocycles. The van der Waals surface area contributed by atoms with E-state index in [0.717, 1.165) is 66.8 Å². The van der Waals surface area contributed by atoms with Gasteiger partial charge < -0.3 is 9.32 Å². The zero-order valence-electron chi connectivity index (χ0n) is 34.0. The average Bonchev–Trinajstić information content (AvgIpc) is 3.75. The number of benzene rings is 10. The molecule has 0 atom stereocenters. The summed E-state index contributed by atoms with van der Waals surface area (Å²) in [5.74, 6) is 0. The SMILES string of the molecule is c1ccc(-c2ccc(N(c3ccc(-c4ccccc4)cc3)c3ccc(-c4cccc(-c5ccc(-c6cccc7c6oc6c(-c8ccccc8)cccc67)cc5)c4)cc3)cc2)cc1. The van der Waals surface area contributed by atoms with Crippen LogP contribution >= 0.6 is 0 Å². The minimum absolute atomic E-state index is 0.913. The Hall–Kier alpha value is -8.20. The monoisotopic (exact) mass is 791 g/mol. The van der Waals surface area contributed by atoms with Crippen LogP contribution in [0.2, 0.25) is 0 Å². The lowest BCUT2D eigenvalue weighted by molar-refractivity contribution is 0.671. The fourth-order valence-corrected chi connectivity index (χ4v) is 8.73. The van der Waals surface area contributed by atoms with E-state index in [0.29, 0.717) is 0 Å². The van der Waals surface area contributed by atoms with Gasteiger partial charge in [0, 0.05) is 39.0 Å². The Morgan fingerprint density at radius 1 is 0.226 bits per heavy atom. The molecule has 2 heteroatoms. The molecule has 0 aliphatic heterocycles. The highest BCUT2D eigenvalue weighted by Gasteiger charge is 2.17. The van der Waals surface area contributed by atoms with Crippen molar-refractivity contribution in [3.8, 4) is 66.8 Å². The summed E-state index contributed by atoms with van der Waals surface area (Å²) in [7, 11) is 0. The van der Waals surface area contributed by atoms with Crippen LogP contribution < -0.4 is 4.90 Å². The maximum Gasteiger partial charge on any atom is 0.143 e. The van der Waals surface area contributed by atoms with Crippen molar-refractivity contribution < 1.29 is 4.42 Å². The van der Waals surface area contributed by atoms with E-state index in [1.807, 2.05) is 6.07 Å². The molecule has 0 radical (unpaired) electrons. The molecular formula is C60H41NO. The fraction of sp³-hybridized carbons (Fsp3) is 0. The number of anilines is 3. The molecule has 0 amide bonds. The fourth-order valence-electron chi connectivity index (χ4n) is 8.73. The number of nitrogens with zero attached hydrogens (tertiary/aromatic N) is 1. The van der Waals surface area contributed by atoms with Gasteiger partial charge in [0.25, 0.3) is 0 Å². The lowest BCUT2D eigenvalue weighted by atomic mass is 9.96. The lowest BCUT2D eigenvalue weighted by Gasteiger charge is -2.26. The zero-order chi connectivity index (χ0) is 41.2. The van der Waals surface area contributed by atoms with E-state index in [1.165, 1.54) is 38.9 Å². The Morgan fingerprint density at radius 3 is 0.935 bits per heavy atom. The Morgan fingerprint density at radius 2 is 0.516 bits per heavy atom. The van der Waals surface area contributed by atoms with Crippen LogP contribution in [-0.4, -0.2) is 0 Å². The Labute approximate surface area is 362 Å². The van der Waals surface area contributed by atoms with Crippen molar-refractivity contribution in [1.29, 1.82) is 0 Å². The lowest BCUT2D eigenvalue weighted by Crippen LogP contribution is -2.09. The molecule has 10 aromatic carbocycles. The Balaban J connectivity index is 0.886. The summed E-state index contributed by atoms with van der Waals surface area (Å²) in [6.45, 7) is 0. The maximum absolute atomic E-state index is 6.72. The standard InChI is InChI=1S/C60H41NO/c1-4-13-42(14-5-1)44-29-35-52(36-30-44)61(53-37-31-45(32-38-53)43-15-6-2-7-16-43)54-39-33-47(34-40-54)51-20-10-19-50(41-51)46-25-27-49(28-26-46)56-22-12-24-58-57-23-11-21-55(59(57)62-60(56)58)48-17-8-3-9-18-48/h1-41H. The minimum atomic E-state index is 0.913. The molecule has 0 N–H and O–H groups in total. The van der Waals surface area contributed by atoms with Gasteiger partial charge in [-0.2, -0.15) is 0 Å². The average molecular weight is 792 g/mol. The highest BCUT2D eigenvalue weighted by Crippen LogP contribution is 2.41. The van der Waals surface area contributed by atoms with E-state index in [-0.39, 0.29) is 0 Å². The van der Waals surface area contributed by atoms with Gasteiger partial charge in [-0.1, -0.05) is 206 Å². The van der Waals surface area contributed by atoms with Crippen molar-refractivity contribution in [2.24, 2.45) is 0 Å². The van der Waals surface area contributed by atoms with E-state index in [4.69, 9.17) is 4.42 Å². The summed E-state index contributed by atoms with van der Waals surface area (Å²) in [6, 6.07) is 88.8. The van der Waals surface area contributed by atoms with Gasteiger partial charge in [-0.3, -0.25) is 0 Å². The van der Waals surface area contributed by atoms with E-state index < -0.39 is 0 Å². The molecule has 0 aliphatic rings. The molecule has 0 spiro atoms. The van der Waals surface area contributed by atoms with Gasteiger partial charge in [-0.15, -0.1) is 0 Å². The number of rotatable bonds is 9. The van der Waals surface area contributed by atoms with Gasteiger partial charge in [0.2, 0.25) is 0 Å². The molecule has 1 aromatic heterocycles. The molecule has 292 valence electrons. The first-order valence-corrected chi connectivity index (χ1v) is 21.2. The molecular weight excluding hydrogens is 751 g/mol. The summed E-state index contributed by atoms with van der Waals surface area (Å²) in [4.78, 5) is 2.33. The van der Waals surface area contributed by atoms with Crippen molar-refractivity contribution in [1.82, 2.24) is 0 Å². The predicted octanol–water partition coefficient (Wildman–Crippen LogP) is 17.1. The van der Waals surface area contributed by atoms with Gasteiger partial charge in [-0.25, -0.2) is 0 Å². The molecule has 0 fully saturated rings. The third-order valence-corrected chi connectivity index (χ3v) is 11.9. The largest absolute Gasteiger partial charge is 0.455 e. The Bertz CT molecular complexity index is 3200. The van der Waals surface area contributed by atoms with Crippen molar-refractivity contribution in [3.63, 3.8) is 0 Å². The van der Waals surface area contributed by atoms with Gasteiger partial charge >= 0.3 is 0 Å². The first kappa shape index (κ1) is 36.8. The second-order valence-electron chi connectivity index (χ2n) is 15.7. The molecule has 62 heavy (non-hydrogen) atoms. The second kappa shape index (κ2) is 16.1. The summed E-state index contributed by atoms with van der Waals surface area (Å²) >= 11 is 0. The third kappa shape index (κ3) is 7.04. The molecule has 0 aliphatic carbocycles. The van der Waals surface area contributed by atoms with Crippen molar-refractivity contribution in [3.05, 3.63) is 249 Å². The van der Waals surface area contributed by atoms with Crippen LogP contribution in [0.25, 0.3) is 88.7 Å². The van der Waals surface area contributed by atoms with Crippen LogP contribution in [0.15, 0.2) is 253 Å². The highest BCUT2D eigenvalue weighted by molar-refractivity contribution is 6.13. The van der Waals surface area contributed by atoms with Crippen LogP contribution in [-0.2, 0) is 0 Å². The van der Waals surface area contributed by atoms with Crippen LogP contribution in [0.1, 0.15) is 0 Å². The van der Waals surface area contributed by atoms with E-state index in [9.17, 15) is 0 Å². The molecule has 0 saturated heterocycles. The first-order chi connectivity index (χ1) is 30.7. The van der Waals surface area contributed by atoms with Gasteiger partial charge in [0.15, 0.2) is 0 Å². The van der Waals surface area contributed by atoms with Gasteiger partial charge in [0.1, 0.15) is 11.2 Å². The van der Waals surface area contributed by atoms with Gasteiger partial charge in [-0.05, 0) is 98.1 Å². The summed E-state index contributed by atoms with van der Waals surface area (Å²) < 4.78 is 6.72. The number of para-hydroxylation sites is 2. The van der Waals surface area contributed by atoms with Crippen LogP contribution in [0.3, 0.4) is 0 Å². The van der Waals surface area contributed by atoms with Crippen molar-refractivity contribution >= 4 is 39.0 Å². The predicted molar refractivity (Wildman–Crippen MR) is 261 cm³/mol. The van der Waals surface area contributed by atoms with Crippen molar-refractivity contribution in [2.45, 2.75) is 0 Å². The molecule has 1 heterocycles. The van der Waals surface area contributed by atoms with E-state index >= 15 is 0 Å². The molecule has 11 rings (SSSR count). The zero-order valence-corrected chi connectivity index (χ0v) is 34.0. The molecule has 0 bridgehead atoms. The Kier molecular flexibility index (Phi) is 9.57. The molecule has 11 aromatic rings.